The number of carboxylic acid groups (broad SMARTS) is 1. The molecule has 0 saturated heterocycles. The molecule has 1 heterocycles. The Morgan fingerprint density at radius 3 is 2.67 bits per heavy atom. The molecule has 1 fully saturated rings. The molecule has 1 aromatic heterocycles. The molecule has 2 nitrogen and oxygen atoms in total. The summed E-state index contributed by atoms with van der Waals surface area (Å²) in [6, 6.07) is 4.07. The van der Waals surface area contributed by atoms with Crippen molar-refractivity contribution < 1.29 is 9.90 Å². The zero-order valence-electron chi connectivity index (χ0n) is 8.70. The van der Waals surface area contributed by atoms with Crippen LogP contribution in [0.1, 0.15) is 43.4 Å². The number of thiophene rings is 1. The highest BCUT2D eigenvalue weighted by Gasteiger charge is 2.34. The van der Waals surface area contributed by atoms with Crippen molar-refractivity contribution in [3.8, 4) is 0 Å². The second-order valence-corrected chi connectivity index (χ2v) is 5.31. The van der Waals surface area contributed by atoms with E-state index >= 15 is 0 Å². The standard InChI is InChI=1S/C12H16O2S/c13-11(14)9-12(6-2-1-3-7-12)10-5-4-8-15-10/h4-5,8H,1-3,6-7,9H2,(H,13,14)/p-1. The third-order valence-corrected chi connectivity index (χ3v) is 4.45. The summed E-state index contributed by atoms with van der Waals surface area (Å²) in [6.45, 7) is 0. The maximum Gasteiger partial charge on any atom is 0.0423 e. The van der Waals surface area contributed by atoms with E-state index in [4.69, 9.17) is 0 Å². The monoisotopic (exact) mass is 223 g/mol. The fraction of sp³-hybridized carbons (Fsp3) is 0.583. The minimum absolute atomic E-state index is 0.120. The quantitative estimate of drug-likeness (QED) is 0.787. The third-order valence-electron chi connectivity index (χ3n) is 3.34. The zero-order valence-corrected chi connectivity index (χ0v) is 9.52. The molecule has 82 valence electrons. The van der Waals surface area contributed by atoms with Crippen molar-refractivity contribution in [1.82, 2.24) is 0 Å². The van der Waals surface area contributed by atoms with Crippen LogP contribution in [0.4, 0.5) is 0 Å². The highest BCUT2D eigenvalue weighted by atomic mass is 32.1. The van der Waals surface area contributed by atoms with Crippen molar-refractivity contribution in [2.75, 3.05) is 0 Å². The number of carboxylic acids is 1. The molecule has 1 aromatic rings. The summed E-state index contributed by atoms with van der Waals surface area (Å²) in [4.78, 5) is 12.1. The first-order chi connectivity index (χ1) is 7.23. The Balaban J connectivity index is 2.25. The first-order valence-electron chi connectivity index (χ1n) is 5.47. The maximum absolute atomic E-state index is 10.9. The number of aliphatic carboxylic acids is 1. The summed E-state index contributed by atoms with van der Waals surface area (Å²) >= 11 is 1.68. The fourth-order valence-electron chi connectivity index (χ4n) is 2.60. The minimum Gasteiger partial charge on any atom is -0.550 e. The van der Waals surface area contributed by atoms with Gasteiger partial charge in [-0.2, -0.15) is 0 Å². The number of hydrogen-bond acceptors (Lipinski definition) is 3. The largest absolute Gasteiger partial charge is 0.550 e. The van der Waals surface area contributed by atoms with Gasteiger partial charge < -0.3 is 9.90 Å². The molecule has 0 unspecified atom stereocenters. The lowest BCUT2D eigenvalue weighted by atomic mass is 9.71. The lowest BCUT2D eigenvalue weighted by Gasteiger charge is -2.37. The molecule has 1 aliphatic rings. The second-order valence-electron chi connectivity index (χ2n) is 4.37. The van der Waals surface area contributed by atoms with Crippen molar-refractivity contribution in [2.24, 2.45) is 0 Å². The van der Waals surface area contributed by atoms with Crippen molar-refractivity contribution in [1.29, 1.82) is 0 Å². The molecule has 0 radical (unpaired) electrons. The molecular formula is C12H15O2S-. The molecule has 0 spiro atoms. The summed E-state index contributed by atoms with van der Waals surface area (Å²) in [5, 5.41) is 12.9. The van der Waals surface area contributed by atoms with Crippen LogP contribution >= 0.6 is 11.3 Å². The molecule has 3 heteroatoms. The molecule has 0 bridgehead atoms. The Morgan fingerprint density at radius 2 is 2.13 bits per heavy atom. The highest BCUT2D eigenvalue weighted by molar-refractivity contribution is 7.10. The minimum atomic E-state index is -0.912. The molecule has 15 heavy (non-hydrogen) atoms. The zero-order chi connectivity index (χ0) is 10.7. The van der Waals surface area contributed by atoms with Crippen LogP contribution < -0.4 is 5.11 Å². The smallest absolute Gasteiger partial charge is 0.0423 e. The van der Waals surface area contributed by atoms with E-state index in [0.717, 1.165) is 25.7 Å². The van der Waals surface area contributed by atoms with Gasteiger partial charge >= 0.3 is 0 Å². The summed E-state index contributed by atoms with van der Waals surface area (Å²) in [6.07, 6.45) is 5.72. The molecule has 1 aliphatic carbocycles. The predicted octanol–water partition coefficient (Wildman–Crippen LogP) is 2.09. The summed E-state index contributed by atoms with van der Waals surface area (Å²) < 4.78 is 0. The van der Waals surface area contributed by atoms with Gasteiger partial charge in [0, 0.05) is 16.3 Å². The molecule has 1 saturated carbocycles. The summed E-state index contributed by atoms with van der Waals surface area (Å²) in [7, 11) is 0. The number of carbonyl (C=O) groups is 1. The van der Waals surface area contributed by atoms with Gasteiger partial charge in [0.1, 0.15) is 0 Å². The van der Waals surface area contributed by atoms with Gasteiger partial charge in [0.2, 0.25) is 0 Å². The summed E-state index contributed by atoms with van der Waals surface area (Å²) in [5.41, 5.74) is -0.120. The van der Waals surface area contributed by atoms with E-state index in [1.165, 1.54) is 11.3 Å². The van der Waals surface area contributed by atoms with Gasteiger partial charge in [0.25, 0.3) is 0 Å². The third kappa shape index (κ3) is 2.23. The molecule has 2 rings (SSSR count). The van der Waals surface area contributed by atoms with E-state index in [0.29, 0.717) is 0 Å². The van der Waals surface area contributed by atoms with Crippen LogP contribution in [0.2, 0.25) is 0 Å². The molecule has 0 N–H and O–H groups in total. The number of rotatable bonds is 3. The molecule has 0 atom stereocenters. The van der Waals surface area contributed by atoms with Crippen LogP contribution in [-0.2, 0) is 10.2 Å². The van der Waals surface area contributed by atoms with Gasteiger partial charge in [-0.05, 0) is 30.7 Å². The van der Waals surface area contributed by atoms with Crippen LogP contribution in [-0.4, -0.2) is 5.97 Å². The van der Waals surface area contributed by atoms with Crippen molar-refractivity contribution in [3.05, 3.63) is 22.4 Å². The van der Waals surface area contributed by atoms with E-state index in [-0.39, 0.29) is 11.8 Å². The summed E-state index contributed by atoms with van der Waals surface area (Å²) in [5.74, 6) is -0.912. The van der Waals surface area contributed by atoms with E-state index in [9.17, 15) is 9.90 Å². The highest BCUT2D eigenvalue weighted by Crippen LogP contribution is 2.43. The van der Waals surface area contributed by atoms with Crippen molar-refractivity contribution in [3.63, 3.8) is 0 Å². The molecule has 0 aliphatic heterocycles. The lowest BCUT2D eigenvalue weighted by molar-refractivity contribution is -0.307. The van der Waals surface area contributed by atoms with E-state index in [2.05, 4.69) is 6.07 Å². The molecule has 0 amide bonds. The van der Waals surface area contributed by atoms with Crippen LogP contribution in [0.25, 0.3) is 0 Å². The second kappa shape index (κ2) is 4.35. The van der Waals surface area contributed by atoms with Crippen LogP contribution in [0.3, 0.4) is 0 Å². The Hall–Kier alpha value is -0.830. The van der Waals surface area contributed by atoms with Crippen LogP contribution in [0.5, 0.6) is 0 Å². The van der Waals surface area contributed by atoms with Gasteiger partial charge in [0.15, 0.2) is 0 Å². The fourth-order valence-corrected chi connectivity index (χ4v) is 3.58. The Kier molecular flexibility index (Phi) is 3.10. The average Bonchev–Trinajstić information content (AvgIpc) is 2.71. The number of hydrogen-bond donors (Lipinski definition) is 0. The van der Waals surface area contributed by atoms with Crippen molar-refractivity contribution >= 4 is 17.3 Å². The van der Waals surface area contributed by atoms with Crippen LogP contribution in [0, 0.1) is 0 Å². The van der Waals surface area contributed by atoms with Gasteiger partial charge in [0.05, 0.1) is 0 Å². The Bertz CT molecular complexity index is 323. The van der Waals surface area contributed by atoms with Gasteiger partial charge in [-0.15, -0.1) is 11.3 Å². The predicted molar refractivity (Wildman–Crippen MR) is 58.7 cm³/mol. The van der Waals surface area contributed by atoms with E-state index in [1.54, 1.807) is 11.3 Å². The van der Waals surface area contributed by atoms with Crippen molar-refractivity contribution in [2.45, 2.75) is 43.9 Å². The van der Waals surface area contributed by atoms with Gasteiger partial charge in [-0.25, -0.2) is 0 Å². The molecule has 0 aromatic carbocycles. The number of carbonyl (C=O) groups excluding carboxylic acids is 1. The molecular weight excluding hydrogens is 208 g/mol. The lowest BCUT2D eigenvalue weighted by Crippen LogP contribution is -2.36. The van der Waals surface area contributed by atoms with Crippen LogP contribution in [0.15, 0.2) is 17.5 Å². The Morgan fingerprint density at radius 1 is 1.40 bits per heavy atom. The van der Waals surface area contributed by atoms with E-state index < -0.39 is 5.97 Å². The first-order valence-corrected chi connectivity index (χ1v) is 6.35. The maximum atomic E-state index is 10.9. The van der Waals surface area contributed by atoms with Gasteiger partial charge in [-0.1, -0.05) is 25.3 Å². The average molecular weight is 223 g/mol. The Labute approximate surface area is 93.9 Å². The SMILES string of the molecule is O=C([O-])CC1(c2cccs2)CCCCC1. The normalized spacial score (nSPS) is 20.0. The van der Waals surface area contributed by atoms with Gasteiger partial charge in [-0.3, -0.25) is 0 Å². The first kappa shape index (κ1) is 10.7. The van der Waals surface area contributed by atoms with E-state index in [1.807, 2.05) is 11.4 Å². The topological polar surface area (TPSA) is 40.1 Å².